The highest BCUT2D eigenvalue weighted by Gasteiger charge is 2.24. The zero-order chi connectivity index (χ0) is 18.6. The number of hydrogen-bond donors (Lipinski definition) is 1. The number of thiazole rings is 1. The molecule has 136 valence electrons. The molecule has 1 amide bonds. The molecular formula is C19H22N4O2S. The fourth-order valence-electron chi connectivity index (χ4n) is 2.65. The minimum atomic E-state index is -0.476. The van der Waals surface area contributed by atoms with Gasteiger partial charge in [-0.05, 0) is 50.6 Å². The number of carbonyl (C=O) groups is 1. The molecule has 0 atom stereocenters. The Kier molecular flexibility index (Phi) is 5.49. The van der Waals surface area contributed by atoms with Crippen molar-refractivity contribution in [3.63, 3.8) is 0 Å². The molecule has 7 heteroatoms. The van der Waals surface area contributed by atoms with Crippen molar-refractivity contribution in [1.29, 1.82) is 0 Å². The second-order valence-electron chi connectivity index (χ2n) is 6.31. The molecule has 3 heterocycles. The fourth-order valence-corrected chi connectivity index (χ4v) is 3.51. The third kappa shape index (κ3) is 4.17. The monoisotopic (exact) mass is 370 g/mol. The topological polar surface area (TPSA) is 69.0 Å². The summed E-state index contributed by atoms with van der Waals surface area (Å²) in [6.07, 6.45) is 5.38. The maximum absolute atomic E-state index is 12.7. The average molecular weight is 370 g/mol. The number of pyridine rings is 1. The van der Waals surface area contributed by atoms with Crippen LogP contribution in [0.5, 0.6) is 0 Å². The van der Waals surface area contributed by atoms with E-state index < -0.39 is 5.60 Å². The van der Waals surface area contributed by atoms with Crippen molar-refractivity contribution in [3.05, 3.63) is 65.2 Å². The Bertz CT molecular complexity index is 871. The van der Waals surface area contributed by atoms with Crippen LogP contribution in [0, 0.1) is 0 Å². The number of carbonyl (C=O) groups excluding carboxylic acids is 1. The number of amides is 1. The molecule has 0 aliphatic rings. The summed E-state index contributed by atoms with van der Waals surface area (Å²) in [7, 11) is 0. The second kappa shape index (κ2) is 7.80. The minimum Gasteiger partial charge on any atom is -0.370 e. The Morgan fingerprint density at radius 3 is 2.81 bits per heavy atom. The molecule has 0 aliphatic heterocycles. The lowest BCUT2D eigenvalue weighted by Gasteiger charge is -2.22. The average Bonchev–Trinajstić information content (AvgIpc) is 3.25. The maximum Gasteiger partial charge on any atom is 0.274 e. The summed E-state index contributed by atoms with van der Waals surface area (Å²) in [5, 5.41) is 5.37. The van der Waals surface area contributed by atoms with Crippen LogP contribution in [0.2, 0.25) is 0 Å². The van der Waals surface area contributed by atoms with Crippen molar-refractivity contribution >= 4 is 22.4 Å². The molecule has 0 unspecified atom stereocenters. The lowest BCUT2D eigenvalue weighted by Crippen LogP contribution is -2.22. The summed E-state index contributed by atoms with van der Waals surface area (Å²) in [5.41, 5.74) is 2.00. The Morgan fingerprint density at radius 2 is 2.08 bits per heavy atom. The highest BCUT2D eigenvalue weighted by atomic mass is 32.1. The fraction of sp³-hybridized carbons (Fsp3) is 0.316. The van der Waals surface area contributed by atoms with E-state index in [0.29, 0.717) is 24.0 Å². The van der Waals surface area contributed by atoms with Gasteiger partial charge in [0.2, 0.25) is 0 Å². The summed E-state index contributed by atoms with van der Waals surface area (Å²) in [4.78, 5) is 21.2. The number of anilines is 1. The number of nitrogens with one attached hydrogen (secondary N) is 1. The molecule has 0 aliphatic carbocycles. The van der Waals surface area contributed by atoms with Crippen molar-refractivity contribution < 1.29 is 9.53 Å². The van der Waals surface area contributed by atoms with Crippen LogP contribution in [0.1, 0.15) is 42.5 Å². The number of nitrogens with zero attached hydrogens (tertiary/aromatic N) is 3. The van der Waals surface area contributed by atoms with Crippen LogP contribution >= 0.6 is 11.3 Å². The predicted octanol–water partition coefficient (Wildman–Crippen LogP) is 3.91. The molecule has 6 nitrogen and oxygen atoms in total. The van der Waals surface area contributed by atoms with Gasteiger partial charge in [0.05, 0.1) is 5.69 Å². The third-order valence-electron chi connectivity index (χ3n) is 4.01. The van der Waals surface area contributed by atoms with Crippen LogP contribution in [0.15, 0.2) is 48.2 Å². The quantitative estimate of drug-likeness (QED) is 0.684. The summed E-state index contributed by atoms with van der Waals surface area (Å²) < 4.78 is 7.62. The molecule has 0 spiro atoms. The molecule has 3 aromatic heterocycles. The Hall–Kier alpha value is -2.51. The van der Waals surface area contributed by atoms with Gasteiger partial charge in [0.15, 0.2) is 5.13 Å². The first-order chi connectivity index (χ1) is 12.5. The molecule has 0 bridgehead atoms. The lowest BCUT2D eigenvalue weighted by molar-refractivity contribution is -0.0167. The SMILES string of the molecule is CCOC(C)(C)c1csc(NC(=O)c2cccn2Cc2ccncc2)n1. The first-order valence-corrected chi connectivity index (χ1v) is 9.33. The molecule has 0 saturated heterocycles. The van der Waals surface area contributed by atoms with Gasteiger partial charge < -0.3 is 9.30 Å². The lowest BCUT2D eigenvalue weighted by atomic mass is 10.1. The molecule has 0 radical (unpaired) electrons. The van der Waals surface area contributed by atoms with E-state index in [1.54, 1.807) is 18.5 Å². The summed E-state index contributed by atoms with van der Waals surface area (Å²) in [6, 6.07) is 7.53. The van der Waals surface area contributed by atoms with Gasteiger partial charge in [-0.3, -0.25) is 15.1 Å². The van der Waals surface area contributed by atoms with Crippen LogP contribution in [0.3, 0.4) is 0 Å². The number of aromatic nitrogens is 3. The summed E-state index contributed by atoms with van der Waals surface area (Å²) >= 11 is 1.40. The van der Waals surface area contributed by atoms with Crippen molar-refractivity contribution in [2.45, 2.75) is 32.9 Å². The van der Waals surface area contributed by atoms with Crippen molar-refractivity contribution in [1.82, 2.24) is 14.5 Å². The van der Waals surface area contributed by atoms with Gasteiger partial charge in [-0.15, -0.1) is 11.3 Å². The Balaban J connectivity index is 1.72. The van der Waals surface area contributed by atoms with E-state index in [4.69, 9.17) is 4.74 Å². The van der Waals surface area contributed by atoms with E-state index in [0.717, 1.165) is 11.3 Å². The van der Waals surface area contributed by atoms with E-state index in [2.05, 4.69) is 15.3 Å². The molecule has 0 saturated carbocycles. The van der Waals surface area contributed by atoms with E-state index in [9.17, 15) is 4.79 Å². The van der Waals surface area contributed by atoms with Crippen LogP contribution < -0.4 is 5.32 Å². The molecular weight excluding hydrogens is 348 g/mol. The van der Waals surface area contributed by atoms with E-state index in [1.165, 1.54) is 11.3 Å². The predicted molar refractivity (Wildman–Crippen MR) is 102 cm³/mol. The highest BCUT2D eigenvalue weighted by Crippen LogP contribution is 2.28. The van der Waals surface area contributed by atoms with Gasteiger partial charge in [0.25, 0.3) is 5.91 Å². The zero-order valence-electron chi connectivity index (χ0n) is 15.1. The van der Waals surface area contributed by atoms with E-state index >= 15 is 0 Å². The second-order valence-corrected chi connectivity index (χ2v) is 7.17. The minimum absolute atomic E-state index is 0.181. The molecule has 26 heavy (non-hydrogen) atoms. The van der Waals surface area contributed by atoms with Crippen molar-refractivity contribution in [2.24, 2.45) is 0 Å². The Morgan fingerprint density at radius 1 is 1.31 bits per heavy atom. The van der Waals surface area contributed by atoms with Gasteiger partial charge in [-0.25, -0.2) is 4.98 Å². The summed E-state index contributed by atoms with van der Waals surface area (Å²) in [5.74, 6) is -0.181. The third-order valence-corrected chi connectivity index (χ3v) is 4.77. The van der Waals surface area contributed by atoms with Crippen LogP contribution in [-0.4, -0.2) is 27.0 Å². The van der Waals surface area contributed by atoms with Gasteiger partial charge in [0, 0.05) is 37.1 Å². The number of ether oxygens (including phenoxy) is 1. The van der Waals surface area contributed by atoms with E-state index in [-0.39, 0.29) is 5.91 Å². The van der Waals surface area contributed by atoms with Gasteiger partial charge >= 0.3 is 0 Å². The molecule has 3 rings (SSSR count). The molecule has 3 aromatic rings. The molecule has 1 N–H and O–H groups in total. The smallest absolute Gasteiger partial charge is 0.274 e. The normalized spacial score (nSPS) is 11.5. The standard InChI is InChI=1S/C19H22N4O2S/c1-4-25-19(2,3)16-13-26-18(21-16)22-17(24)15-6-5-11-23(15)12-14-7-9-20-10-8-14/h5-11,13H,4,12H2,1-3H3,(H,21,22,24). The maximum atomic E-state index is 12.7. The van der Waals surface area contributed by atoms with Gasteiger partial charge in [-0.2, -0.15) is 0 Å². The highest BCUT2D eigenvalue weighted by molar-refractivity contribution is 7.14. The van der Waals surface area contributed by atoms with Crippen molar-refractivity contribution in [2.75, 3.05) is 11.9 Å². The van der Waals surface area contributed by atoms with Crippen molar-refractivity contribution in [3.8, 4) is 0 Å². The largest absolute Gasteiger partial charge is 0.370 e. The van der Waals surface area contributed by atoms with Gasteiger partial charge in [-0.1, -0.05) is 0 Å². The van der Waals surface area contributed by atoms with Crippen LogP contribution in [0.25, 0.3) is 0 Å². The Labute approximate surface area is 156 Å². The van der Waals surface area contributed by atoms with Gasteiger partial charge in [0.1, 0.15) is 11.3 Å². The number of rotatable bonds is 7. The summed E-state index contributed by atoms with van der Waals surface area (Å²) in [6.45, 7) is 7.11. The molecule has 0 aromatic carbocycles. The first kappa shape index (κ1) is 18.3. The van der Waals surface area contributed by atoms with E-state index in [1.807, 2.05) is 55.1 Å². The van der Waals surface area contributed by atoms with Crippen LogP contribution in [0.4, 0.5) is 5.13 Å². The number of hydrogen-bond acceptors (Lipinski definition) is 5. The first-order valence-electron chi connectivity index (χ1n) is 8.45. The molecule has 0 fully saturated rings. The van der Waals surface area contributed by atoms with Crippen LogP contribution in [-0.2, 0) is 16.9 Å². The zero-order valence-corrected chi connectivity index (χ0v) is 15.9.